The zero-order valence-corrected chi connectivity index (χ0v) is 11.9. The van der Waals surface area contributed by atoms with E-state index in [0.717, 1.165) is 35.0 Å². The van der Waals surface area contributed by atoms with Crippen molar-refractivity contribution in [1.82, 2.24) is 4.57 Å². The number of benzene rings is 1. The summed E-state index contributed by atoms with van der Waals surface area (Å²) < 4.78 is 1.86. The van der Waals surface area contributed by atoms with E-state index in [1.807, 2.05) is 28.8 Å². The largest absolute Gasteiger partial charge is 0.284 e. The van der Waals surface area contributed by atoms with Gasteiger partial charge in [0.1, 0.15) is 0 Å². The van der Waals surface area contributed by atoms with Crippen LogP contribution in [0, 0.1) is 16.7 Å². The monoisotopic (exact) mass is 266 g/mol. The second-order valence-corrected chi connectivity index (χ2v) is 6.35. The van der Waals surface area contributed by atoms with Crippen molar-refractivity contribution >= 4 is 16.8 Å². The van der Waals surface area contributed by atoms with E-state index in [9.17, 15) is 4.79 Å². The summed E-state index contributed by atoms with van der Waals surface area (Å²) in [5.74, 6) is 0.155. The number of nitriles is 1. The van der Waals surface area contributed by atoms with Crippen LogP contribution in [-0.4, -0.2) is 10.5 Å². The van der Waals surface area contributed by atoms with Crippen molar-refractivity contribution < 1.29 is 4.79 Å². The van der Waals surface area contributed by atoms with Crippen molar-refractivity contribution in [2.45, 2.75) is 39.5 Å². The first-order chi connectivity index (χ1) is 9.53. The summed E-state index contributed by atoms with van der Waals surface area (Å²) in [5.41, 5.74) is 3.06. The van der Waals surface area contributed by atoms with Gasteiger partial charge in [-0.1, -0.05) is 32.0 Å². The molecular weight excluding hydrogens is 248 g/mol. The molecule has 2 aromatic rings. The molecule has 1 aromatic carbocycles. The minimum atomic E-state index is 0.0289. The number of carbonyl (C=O) groups is 1. The van der Waals surface area contributed by atoms with Gasteiger partial charge in [-0.15, -0.1) is 0 Å². The van der Waals surface area contributed by atoms with Gasteiger partial charge in [0.2, 0.25) is 5.91 Å². The second kappa shape index (κ2) is 4.49. The van der Waals surface area contributed by atoms with Gasteiger partial charge < -0.3 is 0 Å². The first-order valence-electron chi connectivity index (χ1n) is 7.05. The summed E-state index contributed by atoms with van der Waals surface area (Å²) in [7, 11) is 0. The molecule has 0 radical (unpaired) electrons. The lowest BCUT2D eigenvalue weighted by molar-refractivity contribution is 0.0861. The molecule has 3 rings (SSSR count). The van der Waals surface area contributed by atoms with E-state index in [1.165, 1.54) is 0 Å². The smallest absolute Gasteiger partial charge is 0.231 e. The van der Waals surface area contributed by atoms with Crippen molar-refractivity contribution in [3.63, 3.8) is 0 Å². The predicted octanol–water partition coefficient (Wildman–Crippen LogP) is 3.71. The number of fused-ring (bicyclic) bond motifs is 3. The number of aromatic nitrogens is 1. The number of para-hydroxylation sites is 1. The third kappa shape index (κ3) is 1.92. The molecule has 0 atom stereocenters. The van der Waals surface area contributed by atoms with Gasteiger partial charge in [0.05, 0.1) is 18.0 Å². The Morgan fingerprint density at radius 2 is 2.10 bits per heavy atom. The average molecular weight is 266 g/mol. The fourth-order valence-corrected chi connectivity index (χ4v) is 3.22. The van der Waals surface area contributed by atoms with Gasteiger partial charge in [0.25, 0.3) is 0 Å². The molecular formula is C17H18N2O. The fourth-order valence-electron chi connectivity index (χ4n) is 3.22. The molecule has 3 heteroatoms. The Morgan fingerprint density at radius 3 is 2.85 bits per heavy atom. The first-order valence-corrected chi connectivity index (χ1v) is 7.05. The van der Waals surface area contributed by atoms with Crippen LogP contribution in [-0.2, 0) is 12.8 Å². The Bertz CT molecular complexity index is 731. The fraction of sp³-hybridized carbons (Fsp3) is 0.412. The highest BCUT2D eigenvalue weighted by Gasteiger charge is 2.31. The number of rotatable bonds is 1. The maximum Gasteiger partial charge on any atom is 0.231 e. The average Bonchev–Trinajstić information content (AvgIpc) is 2.64. The van der Waals surface area contributed by atoms with Crippen LogP contribution < -0.4 is 0 Å². The normalized spacial score (nSPS) is 17.6. The standard InChI is InChI=1S/C17H18N2O/c1-17(2)9-7-15-13(8-10-18)12-5-3-4-6-14(12)19(15)16(20)11-17/h3-6H,7-9,11H2,1-2H3. The van der Waals surface area contributed by atoms with E-state index in [2.05, 4.69) is 19.9 Å². The molecule has 0 saturated heterocycles. The van der Waals surface area contributed by atoms with Crippen molar-refractivity contribution in [1.29, 1.82) is 5.26 Å². The van der Waals surface area contributed by atoms with E-state index in [4.69, 9.17) is 5.26 Å². The zero-order chi connectivity index (χ0) is 14.3. The van der Waals surface area contributed by atoms with Crippen molar-refractivity contribution in [2.24, 2.45) is 5.41 Å². The minimum absolute atomic E-state index is 0.0289. The Labute approximate surface area is 118 Å². The number of hydrogen-bond acceptors (Lipinski definition) is 2. The number of hydrogen-bond donors (Lipinski definition) is 0. The van der Waals surface area contributed by atoms with Gasteiger partial charge in [-0.25, -0.2) is 0 Å². The summed E-state index contributed by atoms with van der Waals surface area (Å²) >= 11 is 0. The van der Waals surface area contributed by atoms with Gasteiger partial charge >= 0.3 is 0 Å². The van der Waals surface area contributed by atoms with Crippen LogP contribution in [0.1, 0.15) is 42.7 Å². The molecule has 0 fully saturated rings. The molecule has 0 amide bonds. The highest BCUT2D eigenvalue weighted by Crippen LogP contribution is 2.36. The van der Waals surface area contributed by atoms with E-state index in [1.54, 1.807) is 0 Å². The Kier molecular flexibility index (Phi) is 2.90. The molecule has 0 N–H and O–H groups in total. The van der Waals surface area contributed by atoms with Crippen LogP contribution in [0.4, 0.5) is 0 Å². The second-order valence-electron chi connectivity index (χ2n) is 6.35. The summed E-state index contributed by atoms with van der Waals surface area (Å²) in [4.78, 5) is 12.6. The third-order valence-corrected chi connectivity index (χ3v) is 4.26. The molecule has 3 nitrogen and oxygen atoms in total. The SMILES string of the molecule is CC1(C)CCc2c(CC#N)c3ccccc3n2C(=O)C1. The topological polar surface area (TPSA) is 45.8 Å². The lowest BCUT2D eigenvalue weighted by atomic mass is 9.84. The van der Waals surface area contributed by atoms with Crippen LogP contribution in [0.25, 0.3) is 10.9 Å². The van der Waals surface area contributed by atoms with Crippen molar-refractivity contribution in [3.05, 3.63) is 35.5 Å². The first kappa shape index (κ1) is 12.9. The zero-order valence-electron chi connectivity index (χ0n) is 11.9. The molecule has 2 heterocycles. The quantitative estimate of drug-likeness (QED) is 0.789. The van der Waals surface area contributed by atoms with Crippen LogP contribution in [0.3, 0.4) is 0 Å². The summed E-state index contributed by atoms with van der Waals surface area (Å²) in [6.07, 6.45) is 2.78. The van der Waals surface area contributed by atoms with Crippen LogP contribution in [0.2, 0.25) is 0 Å². The molecule has 0 spiro atoms. The van der Waals surface area contributed by atoms with Crippen molar-refractivity contribution in [3.8, 4) is 6.07 Å². The summed E-state index contributed by atoms with van der Waals surface area (Å²) in [6.45, 7) is 4.28. The van der Waals surface area contributed by atoms with Gasteiger partial charge in [0.15, 0.2) is 0 Å². The molecule has 1 aliphatic rings. The summed E-state index contributed by atoms with van der Waals surface area (Å²) in [6, 6.07) is 10.2. The van der Waals surface area contributed by atoms with E-state index in [0.29, 0.717) is 12.8 Å². The van der Waals surface area contributed by atoms with Crippen molar-refractivity contribution in [2.75, 3.05) is 0 Å². The lowest BCUT2D eigenvalue weighted by Gasteiger charge is -2.20. The number of nitrogens with zero attached hydrogens (tertiary/aromatic N) is 2. The molecule has 1 aliphatic heterocycles. The van der Waals surface area contributed by atoms with E-state index in [-0.39, 0.29) is 11.3 Å². The summed E-state index contributed by atoms with van der Waals surface area (Å²) in [5, 5.41) is 10.1. The van der Waals surface area contributed by atoms with Gasteiger partial charge in [-0.3, -0.25) is 9.36 Å². The third-order valence-electron chi connectivity index (χ3n) is 4.26. The highest BCUT2D eigenvalue weighted by molar-refractivity contribution is 5.96. The Balaban J connectivity index is 2.29. The Morgan fingerprint density at radius 1 is 1.35 bits per heavy atom. The maximum absolute atomic E-state index is 12.6. The molecule has 0 bridgehead atoms. The van der Waals surface area contributed by atoms with Crippen LogP contribution >= 0.6 is 0 Å². The molecule has 1 aromatic heterocycles. The number of carbonyl (C=O) groups excluding carboxylic acids is 1. The van der Waals surface area contributed by atoms with Crippen LogP contribution in [0.5, 0.6) is 0 Å². The minimum Gasteiger partial charge on any atom is -0.284 e. The molecule has 20 heavy (non-hydrogen) atoms. The molecule has 0 aliphatic carbocycles. The highest BCUT2D eigenvalue weighted by atomic mass is 16.2. The van der Waals surface area contributed by atoms with Gasteiger partial charge in [0, 0.05) is 17.5 Å². The maximum atomic E-state index is 12.6. The van der Waals surface area contributed by atoms with Gasteiger partial charge in [-0.05, 0) is 29.9 Å². The molecule has 0 unspecified atom stereocenters. The van der Waals surface area contributed by atoms with E-state index < -0.39 is 0 Å². The molecule has 0 saturated carbocycles. The Hall–Kier alpha value is -2.08. The predicted molar refractivity (Wildman–Crippen MR) is 78.6 cm³/mol. The van der Waals surface area contributed by atoms with Crippen LogP contribution in [0.15, 0.2) is 24.3 Å². The molecule has 102 valence electrons. The lowest BCUT2D eigenvalue weighted by Crippen LogP contribution is -2.18. The van der Waals surface area contributed by atoms with Gasteiger partial charge in [-0.2, -0.15) is 5.26 Å². The van der Waals surface area contributed by atoms with E-state index >= 15 is 0 Å².